The van der Waals surface area contributed by atoms with Gasteiger partial charge in [0.1, 0.15) is 0 Å². The highest BCUT2D eigenvalue weighted by atomic mass is 19.4. The van der Waals surface area contributed by atoms with Crippen LogP contribution in [0.25, 0.3) is 0 Å². The minimum absolute atomic E-state index is 0.362. The van der Waals surface area contributed by atoms with E-state index in [9.17, 15) is 13.2 Å². The lowest BCUT2D eigenvalue weighted by molar-refractivity contribution is -0.175. The molecule has 0 aromatic carbocycles. The molecule has 90 valence electrons. The van der Waals surface area contributed by atoms with Crippen molar-refractivity contribution in [2.45, 2.75) is 38.4 Å². The molecule has 2 N–H and O–H groups in total. The number of likely N-dealkylation sites (tertiary alicyclic amines) is 1. The van der Waals surface area contributed by atoms with Gasteiger partial charge in [-0.1, -0.05) is 13.3 Å². The fourth-order valence-corrected chi connectivity index (χ4v) is 1.84. The second kappa shape index (κ2) is 5.16. The van der Waals surface area contributed by atoms with Crippen LogP contribution < -0.4 is 5.73 Å². The topological polar surface area (TPSA) is 29.3 Å². The number of halogens is 3. The Bertz CT molecular complexity index is 188. The molecule has 0 bridgehead atoms. The van der Waals surface area contributed by atoms with Gasteiger partial charge in [-0.15, -0.1) is 0 Å². The zero-order valence-corrected chi connectivity index (χ0v) is 9.06. The van der Waals surface area contributed by atoms with Crippen molar-refractivity contribution >= 4 is 0 Å². The Balaban J connectivity index is 2.36. The number of hydrogen-bond acceptors (Lipinski definition) is 2. The van der Waals surface area contributed by atoms with Gasteiger partial charge >= 0.3 is 6.18 Å². The highest BCUT2D eigenvalue weighted by molar-refractivity contribution is 4.79. The number of rotatable bonds is 3. The molecule has 0 spiro atoms. The maximum absolute atomic E-state index is 12.4. The molecule has 1 saturated heterocycles. The minimum Gasteiger partial charge on any atom is -0.326 e. The van der Waals surface area contributed by atoms with Gasteiger partial charge in [-0.05, 0) is 25.9 Å². The fraction of sp³-hybridized carbons (Fsp3) is 1.00. The smallest absolute Gasteiger partial charge is 0.326 e. The Hall–Kier alpha value is -0.290. The van der Waals surface area contributed by atoms with Gasteiger partial charge in [-0.2, -0.15) is 13.2 Å². The van der Waals surface area contributed by atoms with Crippen molar-refractivity contribution in [3.63, 3.8) is 0 Å². The lowest BCUT2D eigenvalue weighted by atomic mass is 10.0. The largest absolute Gasteiger partial charge is 0.393 e. The molecule has 1 heterocycles. The Morgan fingerprint density at radius 3 is 2.20 bits per heavy atom. The van der Waals surface area contributed by atoms with Gasteiger partial charge in [0.25, 0.3) is 0 Å². The van der Waals surface area contributed by atoms with Crippen LogP contribution in [-0.2, 0) is 0 Å². The van der Waals surface area contributed by atoms with E-state index < -0.39 is 18.1 Å². The predicted octanol–water partition coefficient (Wildman–Crippen LogP) is 2.00. The van der Waals surface area contributed by atoms with E-state index in [0.29, 0.717) is 6.54 Å². The highest BCUT2D eigenvalue weighted by Crippen LogP contribution is 2.28. The van der Waals surface area contributed by atoms with E-state index in [-0.39, 0.29) is 0 Å². The fourth-order valence-electron chi connectivity index (χ4n) is 1.84. The lowest BCUT2D eigenvalue weighted by Gasteiger charge is -2.31. The molecule has 0 saturated carbocycles. The summed E-state index contributed by atoms with van der Waals surface area (Å²) in [5, 5.41) is 0. The van der Waals surface area contributed by atoms with Crippen LogP contribution in [0.4, 0.5) is 13.2 Å². The molecule has 1 rings (SSSR count). The van der Waals surface area contributed by atoms with Crippen molar-refractivity contribution < 1.29 is 13.2 Å². The first-order valence-corrected chi connectivity index (χ1v) is 5.46. The van der Waals surface area contributed by atoms with Crippen LogP contribution in [0.2, 0.25) is 0 Å². The van der Waals surface area contributed by atoms with Crippen molar-refractivity contribution in [3.8, 4) is 0 Å². The van der Waals surface area contributed by atoms with E-state index in [1.165, 1.54) is 6.42 Å². The zero-order valence-electron chi connectivity index (χ0n) is 9.06. The van der Waals surface area contributed by atoms with Crippen LogP contribution in [0.3, 0.4) is 0 Å². The van der Waals surface area contributed by atoms with Crippen molar-refractivity contribution in [2.75, 3.05) is 19.6 Å². The second-order valence-corrected chi connectivity index (χ2v) is 4.36. The Morgan fingerprint density at radius 1 is 1.20 bits per heavy atom. The van der Waals surface area contributed by atoms with E-state index in [2.05, 4.69) is 0 Å². The lowest BCUT2D eigenvalue weighted by Crippen LogP contribution is -2.47. The average molecular weight is 224 g/mol. The van der Waals surface area contributed by atoms with Gasteiger partial charge in [-0.25, -0.2) is 0 Å². The van der Waals surface area contributed by atoms with Gasteiger partial charge in [0.2, 0.25) is 0 Å². The summed E-state index contributed by atoms with van der Waals surface area (Å²) in [7, 11) is 0. The van der Waals surface area contributed by atoms with Gasteiger partial charge in [0.15, 0.2) is 0 Å². The average Bonchev–Trinajstić information content (AvgIpc) is 2.16. The first kappa shape index (κ1) is 12.8. The third-order valence-electron chi connectivity index (χ3n) is 3.08. The Kier molecular flexibility index (Phi) is 4.40. The SMILES string of the molecule is CC([C@@H](N)CN1CCCCC1)C(F)(F)F. The van der Waals surface area contributed by atoms with Gasteiger partial charge in [0, 0.05) is 12.6 Å². The van der Waals surface area contributed by atoms with Crippen molar-refractivity contribution in [3.05, 3.63) is 0 Å². The standard InChI is InChI=1S/C10H19F3N2/c1-8(10(11,12)13)9(14)7-15-5-3-2-4-6-15/h8-9H,2-7,14H2,1H3/t8?,9-/m0/s1. The molecular formula is C10H19F3N2. The highest BCUT2D eigenvalue weighted by Gasteiger charge is 2.40. The van der Waals surface area contributed by atoms with Gasteiger partial charge in [-0.3, -0.25) is 0 Å². The van der Waals surface area contributed by atoms with Crippen LogP contribution in [-0.4, -0.2) is 36.8 Å². The molecule has 0 aromatic heterocycles. The van der Waals surface area contributed by atoms with Crippen molar-refractivity contribution in [2.24, 2.45) is 11.7 Å². The molecule has 5 heteroatoms. The van der Waals surface area contributed by atoms with E-state index in [4.69, 9.17) is 5.73 Å². The summed E-state index contributed by atoms with van der Waals surface area (Å²) < 4.78 is 37.1. The van der Waals surface area contributed by atoms with Crippen LogP contribution in [0.15, 0.2) is 0 Å². The normalized spacial score (nSPS) is 23.8. The molecule has 1 fully saturated rings. The molecule has 15 heavy (non-hydrogen) atoms. The molecule has 0 radical (unpaired) electrons. The monoisotopic (exact) mass is 224 g/mol. The van der Waals surface area contributed by atoms with E-state index in [1.54, 1.807) is 0 Å². The molecule has 1 aliphatic heterocycles. The molecule has 2 nitrogen and oxygen atoms in total. The Labute approximate surface area is 88.6 Å². The summed E-state index contributed by atoms with van der Waals surface area (Å²) in [5.41, 5.74) is 5.57. The van der Waals surface area contributed by atoms with Crippen LogP contribution in [0.5, 0.6) is 0 Å². The van der Waals surface area contributed by atoms with E-state index >= 15 is 0 Å². The number of hydrogen-bond donors (Lipinski definition) is 1. The number of nitrogens with two attached hydrogens (primary N) is 1. The van der Waals surface area contributed by atoms with E-state index in [1.807, 2.05) is 4.90 Å². The molecule has 0 amide bonds. The number of piperidine rings is 1. The molecule has 1 unspecified atom stereocenters. The van der Waals surface area contributed by atoms with Gasteiger partial charge in [0.05, 0.1) is 5.92 Å². The quantitative estimate of drug-likeness (QED) is 0.794. The van der Waals surface area contributed by atoms with E-state index in [0.717, 1.165) is 32.9 Å². The number of nitrogens with zero attached hydrogens (tertiary/aromatic N) is 1. The molecule has 0 aromatic rings. The van der Waals surface area contributed by atoms with Crippen LogP contribution >= 0.6 is 0 Å². The van der Waals surface area contributed by atoms with Crippen LogP contribution in [0, 0.1) is 5.92 Å². The molecule has 0 aliphatic carbocycles. The summed E-state index contributed by atoms with van der Waals surface area (Å²) in [4.78, 5) is 2.04. The molecular weight excluding hydrogens is 205 g/mol. The van der Waals surface area contributed by atoms with Gasteiger partial charge < -0.3 is 10.6 Å². The number of alkyl halides is 3. The first-order chi connectivity index (χ1) is 6.91. The van der Waals surface area contributed by atoms with Crippen molar-refractivity contribution in [1.29, 1.82) is 0 Å². The molecule has 1 aliphatic rings. The summed E-state index contributed by atoms with van der Waals surface area (Å²) in [6.07, 6.45) is -0.837. The summed E-state index contributed by atoms with van der Waals surface area (Å²) >= 11 is 0. The third-order valence-corrected chi connectivity index (χ3v) is 3.08. The maximum atomic E-state index is 12.4. The second-order valence-electron chi connectivity index (χ2n) is 4.36. The minimum atomic E-state index is -4.17. The first-order valence-electron chi connectivity index (χ1n) is 5.46. The maximum Gasteiger partial charge on any atom is 0.393 e. The summed E-state index contributed by atoms with van der Waals surface area (Å²) in [5.74, 6) is -1.42. The third kappa shape index (κ3) is 3.99. The zero-order chi connectivity index (χ0) is 11.5. The summed E-state index contributed by atoms with van der Waals surface area (Å²) in [6, 6.07) is -0.803. The molecule has 2 atom stereocenters. The summed E-state index contributed by atoms with van der Waals surface area (Å²) in [6.45, 7) is 3.30. The predicted molar refractivity (Wildman–Crippen MR) is 53.5 cm³/mol. The van der Waals surface area contributed by atoms with Crippen LogP contribution in [0.1, 0.15) is 26.2 Å². The van der Waals surface area contributed by atoms with Crippen molar-refractivity contribution in [1.82, 2.24) is 4.90 Å². The Morgan fingerprint density at radius 2 is 1.73 bits per heavy atom.